The van der Waals surface area contributed by atoms with Gasteiger partial charge in [0.25, 0.3) is 0 Å². The van der Waals surface area contributed by atoms with Gasteiger partial charge in [-0.05, 0) is 38.0 Å². The molecule has 1 atom stereocenters. The van der Waals surface area contributed by atoms with Crippen LogP contribution < -0.4 is 10.6 Å². The van der Waals surface area contributed by atoms with Crippen LogP contribution in [-0.4, -0.2) is 27.4 Å². The van der Waals surface area contributed by atoms with Crippen LogP contribution in [0.1, 0.15) is 32.6 Å². The summed E-state index contributed by atoms with van der Waals surface area (Å²) < 4.78 is 13.9. The molecule has 24 heavy (non-hydrogen) atoms. The molecule has 128 valence electrons. The number of carbonyl (C=O) groups is 1. The standard InChI is InChI=1S/C16H19FN4OS2/c1-10(14(22)18-12-6-2-3-7-12)23-16-21-20-15(24-16)19-13-8-4-5-11(17)9-13/h4-5,8-10,12H,2-3,6-7H2,1H3,(H,18,22)(H,19,20)/t10-/m0/s1. The lowest BCUT2D eigenvalue weighted by Gasteiger charge is -2.15. The first-order valence-electron chi connectivity index (χ1n) is 7.93. The van der Waals surface area contributed by atoms with Gasteiger partial charge in [-0.2, -0.15) is 0 Å². The third-order valence-electron chi connectivity index (χ3n) is 3.83. The maximum Gasteiger partial charge on any atom is 0.233 e. The number of amides is 1. The van der Waals surface area contributed by atoms with Crippen molar-refractivity contribution >= 4 is 39.8 Å². The molecule has 2 aromatic rings. The van der Waals surface area contributed by atoms with Gasteiger partial charge in [-0.3, -0.25) is 4.79 Å². The minimum absolute atomic E-state index is 0.0433. The molecule has 0 aliphatic heterocycles. The van der Waals surface area contributed by atoms with Crippen LogP contribution in [0.5, 0.6) is 0 Å². The van der Waals surface area contributed by atoms with Crippen LogP contribution in [0.2, 0.25) is 0 Å². The highest BCUT2D eigenvalue weighted by atomic mass is 32.2. The fourth-order valence-corrected chi connectivity index (χ4v) is 4.52. The van der Waals surface area contributed by atoms with Crippen molar-refractivity contribution in [3.8, 4) is 0 Å². The predicted octanol–water partition coefficient (Wildman–Crippen LogP) is 3.96. The quantitative estimate of drug-likeness (QED) is 0.758. The molecule has 1 fully saturated rings. The minimum atomic E-state index is -0.309. The molecule has 0 radical (unpaired) electrons. The Morgan fingerprint density at radius 3 is 2.92 bits per heavy atom. The highest BCUT2D eigenvalue weighted by molar-refractivity contribution is 8.02. The van der Waals surface area contributed by atoms with E-state index in [-0.39, 0.29) is 17.0 Å². The third-order valence-corrected chi connectivity index (χ3v) is 5.85. The first-order valence-corrected chi connectivity index (χ1v) is 9.63. The maximum absolute atomic E-state index is 13.2. The second kappa shape index (κ2) is 7.94. The average molecular weight is 366 g/mol. The van der Waals surface area contributed by atoms with Crippen LogP contribution in [0.3, 0.4) is 0 Å². The second-order valence-corrected chi connectivity index (χ2v) is 8.32. The van der Waals surface area contributed by atoms with E-state index in [2.05, 4.69) is 20.8 Å². The Morgan fingerprint density at radius 2 is 2.17 bits per heavy atom. The molecule has 1 aromatic carbocycles. The number of halogens is 1. The molecular weight excluding hydrogens is 347 g/mol. The van der Waals surface area contributed by atoms with E-state index in [1.807, 2.05) is 6.92 Å². The van der Waals surface area contributed by atoms with Crippen molar-refractivity contribution in [1.29, 1.82) is 0 Å². The van der Waals surface area contributed by atoms with E-state index < -0.39 is 0 Å². The number of aromatic nitrogens is 2. The molecule has 1 heterocycles. The maximum atomic E-state index is 13.2. The van der Waals surface area contributed by atoms with E-state index in [0.717, 1.165) is 12.8 Å². The fraction of sp³-hybridized carbons (Fsp3) is 0.438. The zero-order valence-corrected chi connectivity index (χ0v) is 14.9. The van der Waals surface area contributed by atoms with Crippen molar-refractivity contribution < 1.29 is 9.18 Å². The van der Waals surface area contributed by atoms with Crippen molar-refractivity contribution in [1.82, 2.24) is 15.5 Å². The summed E-state index contributed by atoms with van der Waals surface area (Å²) in [6, 6.07) is 6.49. The van der Waals surface area contributed by atoms with Crippen LogP contribution in [0.4, 0.5) is 15.2 Å². The number of anilines is 2. The van der Waals surface area contributed by atoms with Crippen molar-refractivity contribution in [2.75, 3.05) is 5.32 Å². The number of thioether (sulfide) groups is 1. The summed E-state index contributed by atoms with van der Waals surface area (Å²) in [4.78, 5) is 12.2. The first kappa shape index (κ1) is 17.2. The summed E-state index contributed by atoms with van der Waals surface area (Å²) in [6.07, 6.45) is 4.53. The number of benzene rings is 1. The van der Waals surface area contributed by atoms with Gasteiger partial charge in [-0.1, -0.05) is 42.0 Å². The Bertz CT molecular complexity index is 703. The summed E-state index contributed by atoms with van der Waals surface area (Å²) in [6.45, 7) is 1.87. The van der Waals surface area contributed by atoms with Crippen LogP contribution in [0.25, 0.3) is 0 Å². The van der Waals surface area contributed by atoms with Crippen molar-refractivity contribution in [3.63, 3.8) is 0 Å². The summed E-state index contributed by atoms with van der Waals surface area (Å²) in [7, 11) is 0. The van der Waals surface area contributed by atoms with Gasteiger partial charge in [0.2, 0.25) is 11.0 Å². The molecule has 2 N–H and O–H groups in total. The highest BCUT2D eigenvalue weighted by Crippen LogP contribution is 2.31. The number of hydrogen-bond donors (Lipinski definition) is 2. The molecular formula is C16H19FN4OS2. The molecule has 0 saturated heterocycles. The highest BCUT2D eigenvalue weighted by Gasteiger charge is 2.22. The average Bonchev–Trinajstić information content (AvgIpc) is 3.19. The Balaban J connectivity index is 1.54. The van der Waals surface area contributed by atoms with Gasteiger partial charge >= 0.3 is 0 Å². The van der Waals surface area contributed by atoms with E-state index in [1.54, 1.807) is 12.1 Å². The molecule has 1 aliphatic rings. The SMILES string of the molecule is C[C@H](Sc1nnc(Nc2cccc(F)c2)s1)C(=O)NC1CCCC1. The van der Waals surface area contributed by atoms with E-state index in [9.17, 15) is 9.18 Å². The Labute approximate surface area is 148 Å². The van der Waals surface area contributed by atoms with E-state index >= 15 is 0 Å². The number of carbonyl (C=O) groups excluding carboxylic acids is 1. The molecule has 5 nitrogen and oxygen atoms in total. The smallest absolute Gasteiger partial charge is 0.233 e. The lowest BCUT2D eigenvalue weighted by molar-refractivity contribution is -0.120. The largest absolute Gasteiger partial charge is 0.352 e. The normalized spacial score (nSPS) is 16.1. The molecule has 8 heteroatoms. The minimum Gasteiger partial charge on any atom is -0.352 e. The van der Waals surface area contributed by atoms with E-state index in [1.165, 1.54) is 48.1 Å². The number of hydrogen-bond acceptors (Lipinski definition) is 6. The lowest BCUT2D eigenvalue weighted by Crippen LogP contribution is -2.37. The molecule has 0 spiro atoms. The topological polar surface area (TPSA) is 66.9 Å². The molecule has 1 saturated carbocycles. The van der Waals surface area contributed by atoms with Crippen LogP contribution >= 0.6 is 23.1 Å². The summed E-state index contributed by atoms with van der Waals surface area (Å²) >= 11 is 2.74. The van der Waals surface area contributed by atoms with Crippen LogP contribution in [-0.2, 0) is 4.79 Å². The zero-order valence-electron chi connectivity index (χ0n) is 13.3. The van der Waals surface area contributed by atoms with Gasteiger partial charge in [0.1, 0.15) is 5.82 Å². The molecule has 1 aliphatic carbocycles. The monoisotopic (exact) mass is 366 g/mol. The van der Waals surface area contributed by atoms with Crippen LogP contribution in [0, 0.1) is 5.82 Å². The zero-order chi connectivity index (χ0) is 16.9. The third kappa shape index (κ3) is 4.67. The summed E-state index contributed by atoms with van der Waals surface area (Å²) in [5.74, 6) is -0.266. The molecule has 0 unspecified atom stereocenters. The van der Waals surface area contributed by atoms with E-state index in [0.29, 0.717) is 21.2 Å². The number of nitrogens with one attached hydrogen (secondary N) is 2. The van der Waals surface area contributed by atoms with Gasteiger partial charge < -0.3 is 10.6 Å². The molecule has 3 rings (SSSR count). The summed E-state index contributed by atoms with van der Waals surface area (Å²) in [5.41, 5.74) is 0.620. The van der Waals surface area contributed by atoms with E-state index in [4.69, 9.17) is 0 Å². The Kier molecular flexibility index (Phi) is 5.68. The van der Waals surface area contributed by atoms with Gasteiger partial charge in [0, 0.05) is 11.7 Å². The van der Waals surface area contributed by atoms with Crippen molar-refractivity contribution in [2.45, 2.75) is 48.2 Å². The van der Waals surface area contributed by atoms with Gasteiger partial charge in [0.15, 0.2) is 4.34 Å². The predicted molar refractivity (Wildman–Crippen MR) is 95.3 cm³/mol. The molecule has 0 bridgehead atoms. The Morgan fingerprint density at radius 1 is 1.38 bits per heavy atom. The second-order valence-electron chi connectivity index (χ2n) is 5.76. The molecule has 1 aromatic heterocycles. The number of nitrogens with zero attached hydrogens (tertiary/aromatic N) is 2. The Hall–Kier alpha value is -1.67. The van der Waals surface area contributed by atoms with Crippen LogP contribution in [0.15, 0.2) is 28.6 Å². The van der Waals surface area contributed by atoms with Gasteiger partial charge in [-0.25, -0.2) is 4.39 Å². The van der Waals surface area contributed by atoms with Gasteiger partial charge in [0.05, 0.1) is 5.25 Å². The molecule has 1 amide bonds. The number of rotatable bonds is 6. The van der Waals surface area contributed by atoms with Gasteiger partial charge in [-0.15, -0.1) is 10.2 Å². The first-order chi connectivity index (χ1) is 11.6. The van der Waals surface area contributed by atoms with Crippen molar-refractivity contribution in [2.24, 2.45) is 0 Å². The fourth-order valence-electron chi connectivity index (χ4n) is 2.59. The summed E-state index contributed by atoms with van der Waals surface area (Å²) in [5, 5.41) is 14.6. The van der Waals surface area contributed by atoms with Crippen molar-refractivity contribution in [3.05, 3.63) is 30.1 Å². The lowest BCUT2D eigenvalue weighted by atomic mass is 10.2.